The Labute approximate surface area is 294 Å². The van der Waals surface area contributed by atoms with E-state index in [0.29, 0.717) is 16.9 Å². The first-order valence-electron chi connectivity index (χ1n) is 17.1. The molecule has 0 unspecified atom stereocenters. The van der Waals surface area contributed by atoms with Gasteiger partial charge in [-0.25, -0.2) is 13.2 Å². The van der Waals surface area contributed by atoms with Crippen molar-refractivity contribution in [3.05, 3.63) is 143 Å². The van der Waals surface area contributed by atoms with Crippen LogP contribution in [0.2, 0.25) is 0 Å². The lowest BCUT2D eigenvalue weighted by Gasteiger charge is -2.22. The molecule has 252 valence electrons. The van der Waals surface area contributed by atoms with Crippen LogP contribution < -0.4 is 0 Å². The summed E-state index contributed by atoms with van der Waals surface area (Å²) in [5.74, 6) is -3.34. The molecule has 0 aliphatic carbocycles. The average Bonchev–Trinajstić information content (AvgIpc) is 3.61. The smallest absolute Gasteiger partial charge is 0.169 e. The van der Waals surface area contributed by atoms with Gasteiger partial charge in [-0.05, 0) is 76.1 Å². The van der Waals surface area contributed by atoms with E-state index in [-0.39, 0.29) is 16.4 Å². The van der Waals surface area contributed by atoms with Gasteiger partial charge >= 0.3 is 0 Å². The summed E-state index contributed by atoms with van der Waals surface area (Å²) in [6.45, 7) is 12.9. The lowest BCUT2D eigenvalue weighted by molar-refractivity contribution is 0.499. The fourth-order valence-electron chi connectivity index (χ4n) is 7.41. The molecule has 0 aliphatic heterocycles. The summed E-state index contributed by atoms with van der Waals surface area (Å²) in [6, 6.07) is 36.0. The maximum absolute atomic E-state index is 15.8. The van der Waals surface area contributed by atoms with E-state index < -0.39 is 23.0 Å². The molecule has 0 fully saturated rings. The number of aromatic nitrogens is 2. The number of hydrogen-bond donors (Lipinski definition) is 0. The SMILES string of the molecule is CC(C)(C)c1ccc2c3ccccc3n(-c3cc(-c4c(F)ccc(F)c4F)cc(-n4c5ccccc5c5ccc(C(C)(C)C)cc54)c3C#N)c2c1. The van der Waals surface area contributed by atoms with Gasteiger partial charge in [0.2, 0.25) is 0 Å². The van der Waals surface area contributed by atoms with Crippen molar-refractivity contribution in [2.24, 2.45) is 0 Å². The third-order valence-corrected chi connectivity index (χ3v) is 10.1. The topological polar surface area (TPSA) is 33.6 Å². The van der Waals surface area contributed by atoms with Crippen LogP contribution in [0.4, 0.5) is 13.2 Å². The number of benzene rings is 6. The highest BCUT2D eigenvalue weighted by Crippen LogP contribution is 2.42. The Morgan fingerprint density at radius 3 is 1.39 bits per heavy atom. The van der Waals surface area contributed by atoms with E-state index in [1.165, 1.54) is 0 Å². The van der Waals surface area contributed by atoms with E-state index in [2.05, 4.69) is 84.0 Å². The van der Waals surface area contributed by atoms with Crippen molar-refractivity contribution in [2.45, 2.75) is 52.4 Å². The zero-order valence-electron chi connectivity index (χ0n) is 29.4. The van der Waals surface area contributed by atoms with Gasteiger partial charge in [0.1, 0.15) is 17.4 Å². The monoisotopic (exact) mass is 675 g/mol. The Hall–Kier alpha value is -5.80. The fraction of sp³-hybridized carbons (Fsp3) is 0.178. The molecule has 0 N–H and O–H groups in total. The molecular formula is C45H36F3N3. The van der Waals surface area contributed by atoms with Crippen LogP contribution in [0.3, 0.4) is 0 Å². The number of hydrogen-bond acceptors (Lipinski definition) is 1. The van der Waals surface area contributed by atoms with Crippen molar-refractivity contribution < 1.29 is 13.2 Å². The predicted molar refractivity (Wildman–Crippen MR) is 203 cm³/mol. The molecule has 8 aromatic rings. The molecule has 0 spiro atoms. The average molecular weight is 676 g/mol. The molecule has 0 saturated heterocycles. The van der Waals surface area contributed by atoms with Crippen LogP contribution in [-0.4, -0.2) is 9.13 Å². The van der Waals surface area contributed by atoms with E-state index in [0.717, 1.165) is 66.9 Å². The maximum Gasteiger partial charge on any atom is 0.169 e. The zero-order chi connectivity index (χ0) is 36.0. The van der Waals surface area contributed by atoms with Crippen molar-refractivity contribution in [3.8, 4) is 28.6 Å². The van der Waals surface area contributed by atoms with Crippen LogP contribution in [-0.2, 0) is 10.8 Å². The number of rotatable bonds is 3. The first kappa shape index (κ1) is 32.4. The van der Waals surface area contributed by atoms with E-state index in [4.69, 9.17) is 0 Å². The summed E-state index contributed by atoms with van der Waals surface area (Å²) < 4.78 is 50.4. The van der Waals surface area contributed by atoms with Gasteiger partial charge in [0.15, 0.2) is 11.6 Å². The zero-order valence-corrected chi connectivity index (χ0v) is 29.4. The Morgan fingerprint density at radius 1 is 0.510 bits per heavy atom. The van der Waals surface area contributed by atoms with Crippen molar-refractivity contribution in [2.75, 3.05) is 0 Å². The largest absolute Gasteiger partial charge is 0.308 e. The van der Waals surface area contributed by atoms with Crippen LogP contribution in [0.15, 0.2) is 109 Å². The maximum atomic E-state index is 15.8. The van der Waals surface area contributed by atoms with Gasteiger partial charge < -0.3 is 9.13 Å². The van der Waals surface area contributed by atoms with E-state index in [1.807, 2.05) is 57.7 Å². The first-order chi connectivity index (χ1) is 24.3. The van der Waals surface area contributed by atoms with Gasteiger partial charge in [0, 0.05) is 21.5 Å². The van der Waals surface area contributed by atoms with Crippen LogP contribution in [0, 0.1) is 28.8 Å². The summed E-state index contributed by atoms with van der Waals surface area (Å²) in [4.78, 5) is 0. The van der Waals surface area contributed by atoms with E-state index in [9.17, 15) is 9.65 Å². The van der Waals surface area contributed by atoms with Crippen molar-refractivity contribution in [1.29, 1.82) is 5.26 Å². The fourth-order valence-corrected chi connectivity index (χ4v) is 7.41. The Morgan fingerprint density at radius 2 is 0.941 bits per heavy atom. The molecule has 0 saturated carbocycles. The Kier molecular flexibility index (Phi) is 7.22. The quantitative estimate of drug-likeness (QED) is 0.172. The standard InChI is InChI=1S/C45H36F3N3/c1-44(2,3)27-15-17-31-29-11-7-9-13-36(29)50(40(31)23-27)38-21-26(42-34(46)19-20-35(47)43(42)48)22-39(33(38)25-49)51-37-14-10-8-12-30(37)32-18-16-28(24-41(32)51)45(4,5)6/h7-24H,1-6H3. The third kappa shape index (κ3) is 5.02. The molecule has 51 heavy (non-hydrogen) atoms. The molecule has 8 rings (SSSR count). The molecule has 0 bridgehead atoms. The molecule has 6 aromatic carbocycles. The minimum Gasteiger partial charge on any atom is -0.308 e. The molecule has 0 radical (unpaired) electrons. The highest BCUT2D eigenvalue weighted by atomic mass is 19.2. The molecule has 6 heteroatoms. The number of para-hydroxylation sites is 2. The highest BCUT2D eigenvalue weighted by molar-refractivity contribution is 6.11. The third-order valence-electron chi connectivity index (χ3n) is 10.1. The molecule has 0 aliphatic rings. The minimum absolute atomic E-state index is 0.115. The van der Waals surface area contributed by atoms with Crippen molar-refractivity contribution in [1.82, 2.24) is 9.13 Å². The van der Waals surface area contributed by atoms with Crippen molar-refractivity contribution >= 4 is 43.6 Å². The van der Waals surface area contributed by atoms with Gasteiger partial charge in [0.05, 0.1) is 39.0 Å². The number of fused-ring (bicyclic) bond motifs is 6. The molecule has 3 nitrogen and oxygen atoms in total. The van der Waals surface area contributed by atoms with Gasteiger partial charge in [0.25, 0.3) is 0 Å². The van der Waals surface area contributed by atoms with Gasteiger partial charge in [-0.15, -0.1) is 0 Å². The second kappa shape index (κ2) is 11.4. The number of nitrogens with zero attached hydrogens (tertiary/aromatic N) is 3. The van der Waals surface area contributed by atoms with Crippen molar-refractivity contribution in [3.63, 3.8) is 0 Å². The predicted octanol–water partition coefficient (Wildman–Crippen LogP) is 12.4. The normalized spacial score (nSPS) is 12.4. The second-order valence-corrected chi connectivity index (χ2v) is 15.4. The highest BCUT2D eigenvalue weighted by Gasteiger charge is 2.26. The Balaban J connectivity index is 1.60. The van der Waals surface area contributed by atoms with E-state index >= 15 is 8.78 Å². The summed E-state index contributed by atoms with van der Waals surface area (Å²) in [6.07, 6.45) is 0. The van der Waals surface area contributed by atoms with Crippen LogP contribution in [0.5, 0.6) is 0 Å². The molecular weight excluding hydrogens is 640 g/mol. The second-order valence-electron chi connectivity index (χ2n) is 15.4. The first-order valence-corrected chi connectivity index (χ1v) is 17.1. The lowest BCUT2D eigenvalue weighted by atomic mass is 9.86. The number of nitriles is 1. The molecule has 0 amide bonds. The Bertz CT molecular complexity index is 2610. The molecule has 2 heterocycles. The molecule has 2 aromatic heterocycles. The molecule has 0 atom stereocenters. The van der Waals surface area contributed by atoms with Crippen LogP contribution in [0.1, 0.15) is 58.2 Å². The van der Waals surface area contributed by atoms with Gasteiger partial charge in [-0.1, -0.05) is 102 Å². The van der Waals surface area contributed by atoms with Crippen LogP contribution >= 0.6 is 0 Å². The summed E-state index contributed by atoms with van der Waals surface area (Å²) in [5, 5.41) is 15.1. The van der Waals surface area contributed by atoms with Gasteiger partial charge in [-0.3, -0.25) is 0 Å². The van der Waals surface area contributed by atoms with Crippen LogP contribution in [0.25, 0.3) is 66.1 Å². The summed E-state index contributed by atoms with van der Waals surface area (Å²) in [5.41, 5.74) is 5.98. The summed E-state index contributed by atoms with van der Waals surface area (Å²) in [7, 11) is 0. The lowest BCUT2D eigenvalue weighted by Crippen LogP contribution is -2.11. The summed E-state index contributed by atoms with van der Waals surface area (Å²) >= 11 is 0. The van der Waals surface area contributed by atoms with Gasteiger partial charge in [-0.2, -0.15) is 5.26 Å². The number of halogens is 3. The van der Waals surface area contributed by atoms with E-state index in [1.54, 1.807) is 12.1 Å². The minimum atomic E-state index is -1.29.